The molecule has 1 aliphatic heterocycles. The molecule has 17 heavy (non-hydrogen) atoms. The zero-order valence-electron chi connectivity index (χ0n) is 11.1. The van der Waals surface area contributed by atoms with Crippen molar-refractivity contribution < 1.29 is 4.42 Å². The van der Waals surface area contributed by atoms with E-state index in [-0.39, 0.29) is 0 Å². The summed E-state index contributed by atoms with van der Waals surface area (Å²) in [5.74, 6) is 2.53. The fourth-order valence-electron chi connectivity index (χ4n) is 2.58. The monoisotopic (exact) mass is 237 g/mol. The summed E-state index contributed by atoms with van der Waals surface area (Å²) < 4.78 is 5.66. The van der Waals surface area contributed by atoms with Gasteiger partial charge >= 0.3 is 0 Å². The first kappa shape index (κ1) is 12.6. The van der Waals surface area contributed by atoms with Crippen molar-refractivity contribution in [2.75, 3.05) is 20.1 Å². The zero-order chi connectivity index (χ0) is 12.3. The number of oxazole rings is 1. The van der Waals surface area contributed by atoms with E-state index in [4.69, 9.17) is 4.42 Å². The third-order valence-corrected chi connectivity index (χ3v) is 3.67. The van der Waals surface area contributed by atoms with Gasteiger partial charge in [0.15, 0.2) is 0 Å². The van der Waals surface area contributed by atoms with E-state index >= 15 is 0 Å². The Labute approximate surface area is 103 Å². The van der Waals surface area contributed by atoms with Gasteiger partial charge in [-0.15, -0.1) is 0 Å². The smallest absolute Gasteiger partial charge is 0.208 e. The van der Waals surface area contributed by atoms with Gasteiger partial charge in [-0.3, -0.25) is 4.90 Å². The van der Waals surface area contributed by atoms with E-state index < -0.39 is 0 Å². The summed E-state index contributed by atoms with van der Waals surface area (Å²) in [7, 11) is 2.05. The van der Waals surface area contributed by atoms with Crippen LogP contribution in [0, 0.1) is 5.92 Å². The van der Waals surface area contributed by atoms with E-state index in [1.807, 2.05) is 6.20 Å². The van der Waals surface area contributed by atoms with Gasteiger partial charge in [0, 0.05) is 25.6 Å². The number of hydrogen-bond acceptors (Lipinski definition) is 4. The molecule has 0 radical (unpaired) electrons. The first-order valence-electron chi connectivity index (χ1n) is 6.56. The van der Waals surface area contributed by atoms with Crippen molar-refractivity contribution in [3.8, 4) is 0 Å². The number of nitrogens with one attached hydrogen (secondary N) is 1. The number of nitrogens with zero attached hydrogens (tertiary/aromatic N) is 2. The molecule has 2 rings (SSSR count). The highest BCUT2D eigenvalue weighted by Crippen LogP contribution is 2.18. The first-order chi connectivity index (χ1) is 8.22. The molecule has 4 nitrogen and oxygen atoms in total. The third kappa shape index (κ3) is 3.07. The van der Waals surface area contributed by atoms with Gasteiger partial charge < -0.3 is 9.73 Å². The average molecular weight is 237 g/mol. The van der Waals surface area contributed by atoms with E-state index in [0.717, 1.165) is 37.7 Å². The minimum Gasteiger partial charge on any atom is -0.444 e. The molecule has 0 amide bonds. The van der Waals surface area contributed by atoms with Crippen LogP contribution in [0.3, 0.4) is 0 Å². The molecule has 2 heterocycles. The summed E-state index contributed by atoms with van der Waals surface area (Å²) in [5, 5.41) is 3.39. The Hall–Kier alpha value is -0.870. The molecule has 2 atom stereocenters. The van der Waals surface area contributed by atoms with Crippen molar-refractivity contribution in [2.45, 2.75) is 39.3 Å². The summed E-state index contributed by atoms with van der Waals surface area (Å²) in [6.45, 7) is 7.49. The molecule has 1 aromatic rings. The largest absolute Gasteiger partial charge is 0.444 e. The van der Waals surface area contributed by atoms with Crippen molar-refractivity contribution in [1.82, 2.24) is 15.2 Å². The number of aromatic nitrogens is 1. The summed E-state index contributed by atoms with van der Waals surface area (Å²) in [5.41, 5.74) is 0. The second-order valence-electron chi connectivity index (χ2n) is 4.97. The lowest BCUT2D eigenvalue weighted by Gasteiger charge is -2.36. The van der Waals surface area contributed by atoms with E-state index in [0.29, 0.717) is 12.0 Å². The molecule has 1 aromatic heterocycles. The summed E-state index contributed by atoms with van der Waals surface area (Å²) in [6, 6.07) is 0.655. The molecule has 1 N–H and O–H groups in total. The molecule has 2 unspecified atom stereocenters. The Bertz CT molecular complexity index is 350. The van der Waals surface area contributed by atoms with Crippen LogP contribution < -0.4 is 5.32 Å². The second-order valence-corrected chi connectivity index (χ2v) is 4.97. The zero-order valence-corrected chi connectivity index (χ0v) is 11.1. The molecule has 0 spiro atoms. The molecular weight excluding hydrogens is 214 g/mol. The molecule has 0 bridgehead atoms. The van der Waals surface area contributed by atoms with Gasteiger partial charge in [-0.05, 0) is 19.4 Å². The molecule has 1 aliphatic rings. The lowest BCUT2D eigenvalue weighted by Crippen LogP contribution is -2.46. The Kier molecular flexibility index (Phi) is 4.18. The van der Waals surface area contributed by atoms with E-state index in [1.165, 1.54) is 6.42 Å². The maximum absolute atomic E-state index is 5.66. The number of hydrogen-bond donors (Lipinski definition) is 1. The number of rotatable bonds is 4. The molecule has 1 saturated heterocycles. The quantitative estimate of drug-likeness (QED) is 0.865. The number of aryl methyl sites for hydroxylation is 1. The van der Waals surface area contributed by atoms with Gasteiger partial charge in [0.25, 0.3) is 0 Å². The molecule has 96 valence electrons. The lowest BCUT2D eigenvalue weighted by molar-refractivity contribution is 0.134. The fraction of sp³-hybridized carbons (Fsp3) is 0.769. The van der Waals surface area contributed by atoms with Crippen LogP contribution in [0.5, 0.6) is 0 Å². The molecule has 4 heteroatoms. The van der Waals surface area contributed by atoms with Gasteiger partial charge in [0.2, 0.25) is 5.89 Å². The van der Waals surface area contributed by atoms with Crippen LogP contribution in [-0.4, -0.2) is 36.1 Å². The van der Waals surface area contributed by atoms with Crippen molar-refractivity contribution in [3.05, 3.63) is 17.8 Å². The summed E-state index contributed by atoms with van der Waals surface area (Å²) >= 11 is 0. The molecule has 0 saturated carbocycles. The first-order valence-corrected chi connectivity index (χ1v) is 6.56. The van der Waals surface area contributed by atoms with E-state index in [9.17, 15) is 0 Å². The highest BCUT2D eigenvalue weighted by Gasteiger charge is 2.25. The predicted octanol–water partition coefficient (Wildman–Crippen LogP) is 1.67. The standard InChI is InChI=1S/C13H23N3O/c1-4-11-7-15-13(17-11)9-16-6-5-12(14-3)10(2)8-16/h7,10,12,14H,4-6,8-9H2,1-3H3. The lowest BCUT2D eigenvalue weighted by atomic mass is 9.94. The minimum absolute atomic E-state index is 0.655. The highest BCUT2D eigenvalue weighted by atomic mass is 16.4. The Balaban J connectivity index is 1.88. The average Bonchev–Trinajstić information content (AvgIpc) is 2.77. The maximum atomic E-state index is 5.66. The fourth-order valence-corrected chi connectivity index (χ4v) is 2.58. The number of piperidine rings is 1. The third-order valence-electron chi connectivity index (χ3n) is 3.67. The Morgan fingerprint density at radius 2 is 2.41 bits per heavy atom. The molecule has 1 fully saturated rings. The number of likely N-dealkylation sites (tertiary alicyclic amines) is 1. The van der Waals surface area contributed by atoms with Crippen molar-refractivity contribution >= 4 is 0 Å². The van der Waals surface area contributed by atoms with Crippen LogP contribution in [0.1, 0.15) is 31.9 Å². The van der Waals surface area contributed by atoms with Crippen LogP contribution in [0.15, 0.2) is 10.6 Å². The SMILES string of the molecule is CCc1cnc(CN2CCC(NC)C(C)C2)o1. The summed E-state index contributed by atoms with van der Waals surface area (Å²) in [6.07, 6.45) is 3.98. The normalized spacial score (nSPS) is 26.3. The van der Waals surface area contributed by atoms with Crippen molar-refractivity contribution in [2.24, 2.45) is 5.92 Å². The van der Waals surface area contributed by atoms with Crippen LogP contribution in [0.2, 0.25) is 0 Å². The highest BCUT2D eigenvalue weighted by molar-refractivity contribution is 4.94. The van der Waals surface area contributed by atoms with E-state index in [1.54, 1.807) is 0 Å². The molecular formula is C13H23N3O. The van der Waals surface area contributed by atoms with Crippen LogP contribution >= 0.6 is 0 Å². The predicted molar refractivity (Wildman–Crippen MR) is 67.8 cm³/mol. The van der Waals surface area contributed by atoms with Gasteiger partial charge in [-0.25, -0.2) is 4.98 Å². The van der Waals surface area contributed by atoms with E-state index in [2.05, 4.69) is 36.1 Å². The van der Waals surface area contributed by atoms with Crippen molar-refractivity contribution in [1.29, 1.82) is 0 Å². The van der Waals surface area contributed by atoms with Crippen molar-refractivity contribution in [3.63, 3.8) is 0 Å². The van der Waals surface area contributed by atoms with Gasteiger partial charge in [0.1, 0.15) is 5.76 Å². The molecule has 0 aromatic carbocycles. The molecule has 0 aliphatic carbocycles. The Morgan fingerprint density at radius 3 is 3.00 bits per heavy atom. The maximum Gasteiger partial charge on any atom is 0.208 e. The van der Waals surface area contributed by atoms with Gasteiger partial charge in [0.05, 0.1) is 12.7 Å². The van der Waals surface area contributed by atoms with Crippen LogP contribution in [0.25, 0.3) is 0 Å². The van der Waals surface area contributed by atoms with Crippen LogP contribution in [-0.2, 0) is 13.0 Å². The topological polar surface area (TPSA) is 41.3 Å². The van der Waals surface area contributed by atoms with Crippen LogP contribution in [0.4, 0.5) is 0 Å². The Morgan fingerprint density at radius 1 is 1.59 bits per heavy atom. The van der Waals surface area contributed by atoms with Gasteiger partial charge in [-0.1, -0.05) is 13.8 Å². The van der Waals surface area contributed by atoms with Gasteiger partial charge in [-0.2, -0.15) is 0 Å². The summed E-state index contributed by atoms with van der Waals surface area (Å²) in [4.78, 5) is 6.76. The minimum atomic E-state index is 0.655. The second kappa shape index (κ2) is 5.65.